The van der Waals surface area contributed by atoms with Gasteiger partial charge in [-0.15, -0.1) is 0 Å². The minimum absolute atomic E-state index is 0.109. The topological polar surface area (TPSA) is 76.7 Å². The zero-order valence-electron chi connectivity index (χ0n) is 20.4. The summed E-state index contributed by atoms with van der Waals surface area (Å²) in [7, 11) is 2.05. The molecule has 2 aliphatic rings. The highest BCUT2D eigenvalue weighted by molar-refractivity contribution is 6.38. The van der Waals surface area contributed by atoms with Gasteiger partial charge in [0.15, 0.2) is 0 Å². The van der Waals surface area contributed by atoms with E-state index in [4.69, 9.17) is 11.6 Å². The van der Waals surface area contributed by atoms with Gasteiger partial charge in [-0.05, 0) is 42.9 Å². The summed E-state index contributed by atoms with van der Waals surface area (Å²) < 4.78 is 15.0. The molecular formula is C28H27ClFN5O2. The van der Waals surface area contributed by atoms with Gasteiger partial charge in [-0.25, -0.2) is 4.39 Å². The van der Waals surface area contributed by atoms with Crippen molar-refractivity contribution in [2.75, 3.05) is 55.7 Å². The fourth-order valence-corrected chi connectivity index (χ4v) is 4.69. The van der Waals surface area contributed by atoms with Crippen molar-refractivity contribution in [1.82, 2.24) is 9.80 Å². The molecule has 3 aromatic carbocycles. The van der Waals surface area contributed by atoms with Gasteiger partial charge >= 0.3 is 0 Å². The average molecular weight is 520 g/mol. The van der Waals surface area contributed by atoms with Crippen molar-refractivity contribution >= 4 is 51.7 Å². The molecule has 0 radical (unpaired) electrons. The first-order valence-electron chi connectivity index (χ1n) is 12.1. The number of carbonyl (C=O) groups is 2. The molecule has 190 valence electrons. The number of hydrogen-bond donors (Lipinski definition) is 3. The summed E-state index contributed by atoms with van der Waals surface area (Å²) in [6, 6.07) is 19.1. The number of halogens is 2. The van der Waals surface area contributed by atoms with Crippen LogP contribution >= 0.6 is 11.6 Å². The zero-order chi connectivity index (χ0) is 25.9. The molecule has 0 saturated carbocycles. The number of fused-ring (bicyclic) bond motifs is 1. The lowest BCUT2D eigenvalue weighted by Gasteiger charge is -2.31. The van der Waals surface area contributed by atoms with Gasteiger partial charge in [0.1, 0.15) is 5.82 Å². The second-order valence-corrected chi connectivity index (χ2v) is 9.64. The Morgan fingerprint density at radius 3 is 2.49 bits per heavy atom. The lowest BCUT2D eigenvalue weighted by atomic mass is 10.00. The standard InChI is InChI=1S/C28H27ClFN5O2/c1-34-11-13-35(14-12-34)17-25(36)32-23-10-8-20(16-22(23)30)31-27(18-5-3-2-4-6-18)26-21-9-7-19(29)15-24(21)33-28(26)37/h2-10,15-16,31H,11-14,17H2,1H3,(H,32,36)(H,33,37)/b27-26-. The van der Waals surface area contributed by atoms with Crippen LogP contribution < -0.4 is 16.0 Å². The maximum Gasteiger partial charge on any atom is 0.258 e. The van der Waals surface area contributed by atoms with E-state index in [1.807, 2.05) is 30.3 Å². The molecule has 5 rings (SSSR count). The van der Waals surface area contributed by atoms with E-state index in [9.17, 15) is 9.59 Å². The number of nitrogens with one attached hydrogen (secondary N) is 3. The fourth-order valence-electron chi connectivity index (χ4n) is 4.51. The molecule has 9 heteroatoms. The van der Waals surface area contributed by atoms with Gasteiger partial charge < -0.3 is 20.9 Å². The Bertz CT molecular complexity index is 1370. The molecule has 0 unspecified atom stereocenters. The molecule has 7 nitrogen and oxygen atoms in total. The molecule has 1 fully saturated rings. The molecule has 0 spiro atoms. The predicted octanol–water partition coefficient (Wildman–Crippen LogP) is 4.60. The monoisotopic (exact) mass is 519 g/mol. The summed E-state index contributed by atoms with van der Waals surface area (Å²) in [4.78, 5) is 29.8. The Kier molecular flexibility index (Phi) is 7.23. The minimum atomic E-state index is -0.572. The van der Waals surface area contributed by atoms with Crippen molar-refractivity contribution in [3.8, 4) is 0 Å². The van der Waals surface area contributed by atoms with Crippen LogP contribution in [-0.4, -0.2) is 61.4 Å². The third kappa shape index (κ3) is 5.67. The third-order valence-electron chi connectivity index (χ3n) is 6.51. The van der Waals surface area contributed by atoms with E-state index < -0.39 is 5.82 Å². The molecular weight excluding hydrogens is 493 g/mol. The Morgan fingerprint density at radius 2 is 1.76 bits per heavy atom. The van der Waals surface area contributed by atoms with Crippen LogP contribution in [0.3, 0.4) is 0 Å². The lowest BCUT2D eigenvalue weighted by Crippen LogP contribution is -2.47. The van der Waals surface area contributed by atoms with Crippen LogP contribution in [-0.2, 0) is 9.59 Å². The second-order valence-electron chi connectivity index (χ2n) is 9.21. The predicted molar refractivity (Wildman–Crippen MR) is 146 cm³/mol. The summed E-state index contributed by atoms with van der Waals surface area (Å²) in [5, 5.41) is 9.28. The second kappa shape index (κ2) is 10.7. The maximum absolute atomic E-state index is 15.0. The molecule has 0 aliphatic carbocycles. The van der Waals surface area contributed by atoms with Crippen LogP contribution in [0.4, 0.5) is 21.5 Å². The number of rotatable bonds is 6. The van der Waals surface area contributed by atoms with Crippen molar-refractivity contribution < 1.29 is 14.0 Å². The number of hydrogen-bond acceptors (Lipinski definition) is 5. The van der Waals surface area contributed by atoms with Gasteiger partial charge in [-0.3, -0.25) is 14.5 Å². The van der Waals surface area contributed by atoms with E-state index in [2.05, 4.69) is 32.8 Å². The smallest absolute Gasteiger partial charge is 0.258 e. The molecule has 3 N–H and O–H groups in total. The molecule has 37 heavy (non-hydrogen) atoms. The number of anilines is 3. The number of benzene rings is 3. The normalized spacial score (nSPS) is 17.2. The highest BCUT2D eigenvalue weighted by Crippen LogP contribution is 2.39. The van der Waals surface area contributed by atoms with E-state index in [1.54, 1.807) is 24.3 Å². The highest BCUT2D eigenvalue weighted by atomic mass is 35.5. The highest BCUT2D eigenvalue weighted by Gasteiger charge is 2.28. The Labute approximate surface area is 219 Å². The van der Waals surface area contributed by atoms with Gasteiger partial charge in [0, 0.05) is 42.5 Å². The largest absolute Gasteiger partial charge is 0.354 e. The van der Waals surface area contributed by atoms with Crippen LogP contribution in [0.1, 0.15) is 11.1 Å². The Morgan fingerprint density at radius 1 is 1.00 bits per heavy atom. The lowest BCUT2D eigenvalue weighted by molar-refractivity contribution is -0.117. The molecule has 3 aromatic rings. The van der Waals surface area contributed by atoms with Crippen molar-refractivity contribution in [3.63, 3.8) is 0 Å². The summed E-state index contributed by atoms with van der Waals surface area (Å²) in [5.41, 5.74) is 3.60. The SMILES string of the molecule is CN1CCN(CC(=O)Nc2ccc(N/C(=C3\C(=O)Nc4cc(Cl)ccc43)c3ccccc3)cc2F)CC1. The molecule has 2 aliphatic heterocycles. The number of amides is 2. The summed E-state index contributed by atoms with van der Waals surface area (Å²) in [6.45, 7) is 3.62. The maximum atomic E-state index is 15.0. The van der Waals surface area contributed by atoms with E-state index in [0.717, 1.165) is 31.7 Å². The van der Waals surface area contributed by atoms with Crippen LogP contribution in [0.25, 0.3) is 11.3 Å². The van der Waals surface area contributed by atoms with Gasteiger partial charge in [-0.2, -0.15) is 0 Å². The first kappa shape index (κ1) is 25.0. The molecule has 2 amide bonds. The summed E-state index contributed by atoms with van der Waals surface area (Å²) in [5.74, 6) is -1.11. The molecule has 0 atom stereocenters. The van der Waals surface area contributed by atoms with Gasteiger partial charge in [0.25, 0.3) is 5.91 Å². The van der Waals surface area contributed by atoms with Gasteiger partial charge in [0.2, 0.25) is 5.91 Å². The number of likely N-dealkylation sites (N-methyl/N-ethyl adjacent to an activating group) is 1. The van der Waals surface area contributed by atoms with Crippen molar-refractivity contribution in [3.05, 3.63) is 88.7 Å². The number of nitrogens with zero attached hydrogens (tertiary/aromatic N) is 2. The van der Waals surface area contributed by atoms with E-state index in [1.165, 1.54) is 12.1 Å². The molecule has 1 saturated heterocycles. The van der Waals surface area contributed by atoms with E-state index in [0.29, 0.717) is 33.2 Å². The molecule has 0 aromatic heterocycles. The first-order chi connectivity index (χ1) is 17.9. The van der Waals surface area contributed by atoms with Crippen LogP contribution in [0.15, 0.2) is 66.7 Å². The van der Waals surface area contributed by atoms with Crippen molar-refractivity contribution in [1.29, 1.82) is 0 Å². The number of carbonyl (C=O) groups excluding carboxylic acids is 2. The first-order valence-corrected chi connectivity index (χ1v) is 12.4. The van der Waals surface area contributed by atoms with Gasteiger partial charge in [-0.1, -0.05) is 48.0 Å². The zero-order valence-corrected chi connectivity index (χ0v) is 21.1. The van der Waals surface area contributed by atoms with Gasteiger partial charge in [0.05, 0.1) is 29.2 Å². The van der Waals surface area contributed by atoms with E-state index >= 15 is 4.39 Å². The average Bonchev–Trinajstić information content (AvgIpc) is 3.20. The molecule has 0 bridgehead atoms. The summed E-state index contributed by atoms with van der Waals surface area (Å²) >= 11 is 6.11. The van der Waals surface area contributed by atoms with Crippen LogP contribution in [0.2, 0.25) is 5.02 Å². The third-order valence-corrected chi connectivity index (χ3v) is 6.75. The van der Waals surface area contributed by atoms with Crippen LogP contribution in [0.5, 0.6) is 0 Å². The minimum Gasteiger partial charge on any atom is -0.354 e. The Balaban J connectivity index is 1.39. The van der Waals surface area contributed by atoms with Crippen molar-refractivity contribution in [2.24, 2.45) is 0 Å². The number of piperazine rings is 1. The van der Waals surface area contributed by atoms with E-state index in [-0.39, 0.29) is 24.0 Å². The Hall–Kier alpha value is -3.72. The summed E-state index contributed by atoms with van der Waals surface area (Å²) in [6.07, 6.45) is 0. The fraction of sp³-hybridized carbons (Fsp3) is 0.214. The molecule has 2 heterocycles. The quantitative estimate of drug-likeness (QED) is 0.415. The van der Waals surface area contributed by atoms with Crippen LogP contribution in [0, 0.1) is 5.82 Å². The van der Waals surface area contributed by atoms with Crippen molar-refractivity contribution in [2.45, 2.75) is 0 Å².